The predicted octanol–water partition coefficient (Wildman–Crippen LogP) is 3.98. The van der Waals surface area contributed by atoms with Gasteiger partial charge in [-0.25, -0.2) is 4.98 Å². The Bertz CT molecular complexity index is 1270. The molecule has 180 valence electrons. The molecule has 6 heteroatoms. The summed E-state index contributed by atoms with van der Waals surface area (Å²) in [6.45, 7) is 8.64. The molecule has 2 aromatic heterocycles. The van der Waals surface area contributed by atoms with Gasteiger partial charge in [0.15, 0.2) is 0 Å². The van der Waals surface area contributed by atoms with Gasteiger partial charge in [-0.1, -0.05) is 36.4 Å². The van der Waals surface area contributed by atoms with Crippen molar-refractivity contribution in [1.82, 2.24) is 24.3 Å². The minimum atomic E-state index is 0.998. The number of benzene rings is 2. The van der Waals surface area contributed by atoms with Crippen molar-refractivity contribution in [3.05, 3.63) is 48.5 Å². The van der Waals surface area contributed by atoms with Crippen LogP contribution in [0.4, 0.5) is 5.69 Å². The Kier molecular flexibility index (Phi) is 6.73. The molecule has 0 radical (unpaired) electrons. The van der Waals surface area contributed by atoms with E-state index in [0.717, 1.165) is 69.8 Å². The predicted molar refractivity (Wildman–Crippen MR) is 145 cm³/mol. The van der Waals surface area contributed by atoms with E-state index in [-0.39, 0.29) is 0 Å². The number of hydrogen-bond donors (Lipinski definition) is 0. The van der Waals surface area contributed by atoms with E-state index >= 15 is 0 Å². The zero-order chi connectivity index (χ0) is 23.7. The van der Waals surface area contributed by atoms with Gasteiger partial charge in [0, 0.05) is 56.6 Å². The lowest BCUT2D eigenvalue weighted by atomic mass is 10.1. The molecule has 0 bridgehead atoms. The standard InChI is InChI=1S/C28H38N6/c1-30(2)14-9-15-34-25-13-8-6-11-23(25)26-28(34)27(22-10-5-7-12-24(22)29-26)33-20-18-32(19-21-33)17-16-31(3)4/h5-8,10-13H,9,14-21H2,1-4H3. The molecule has 1 fully saturated rings. The topological polar surface area (TPSA) is 30.8 Å². The van der Waals surface area contributed by atoms with Crippen molar-refractivity contribution in [2.75, 3.05) is 78.9 Å². The van der Waals surface area contributed by atoms with Crippen molar-refractivity contribution in [1.29, 1.82) is 0 Å². The summed E-state index contributed by atoms with van der Waals surface area (Å²) in [5.41, 5.74) is 6.21. The molecule has 6 nitrogen and oxygen atoms in total. The largest absolute Gasteiger partial charge is 0.367 e. The summed E-state index contributed by atoms with van der Waals surface area (Å²) in [5.74, 6) is 0. The number of aryl methyl sites for hydroxylation is 1. The lowest BCUT2D eigenvalue weighted by molar-refractivity contribution is 0.230. The second-order valence-electron chi connectivity index (χ2n) is 10.1. The fraction of sp³-hybridized carbons (Fsp3) is 0.464. The lowest BCUT2D eigenvalue weighted by Gasteiger charge is -2.37. The molecule has 5 rings (SSSR count). The molecule has 0 amide bonds. The number of aromatic nitrogens is 2. The van der Waals surface area contributed by atoms with Gasteiger partial charge < -0.3 is 19.3 Å². The van der Waals surface area contributed by atoms with E-state index in [0.29, 0.717) is 0 Å². The van der Waals surface area contributed by atoms with Crippen molar-refractivity contribution < 1.29 is 0 Å². The maximum atomic E-state index is 5.22. The molecule has 1 aliphatic rings. The fourth-order valence-corrected chi connectivity index (χ4v) is 5.29. The van der Waals surface area contributed by atoms with Gasteiger partial charge in [-0.05, 0) is 53.3 Å². The van der Waals surface area contributed by atoms with E-state index in [4.69, 9.17) is 4.98 Å². The van der Waals surface area contributed by atoms with Crippen LogP contribution in [0.5, 0.6) is 0 Å². The SMILES string of the molecule is CN(C)CCCn1c2ccccc2c2nc3ccccc3c(N3CCN(CCN(C)C)CC3)c21. The second kappa shape index (κ2) is 9.90. The zero-order valence-electron chi connectivity index (χ0n) is 21.2. The summed E-state index contributed by atoms with van der Waals surface area (Å²) >= 11 is 0. The summed E-state index contributed by atoms with van der Waals surface area (Å²) in [6, 6.07) is 17.5. The number of para-hydroxylation sites is 2. The van der Waals surface area contributed by atoms with Crippen molar-refractivity contribution in [2.45, 2.75) is 13.0 Å². The van der Waals surface area contributed by atoms with E-state index in [1.165, 1.54) is 27.5 Å². The third kappa shape index (κ3) is 4.50. The van der Waals surface area contributed by atoms with Gasteiger partial charge in [0.2, 0.25) is 0 Å². The first-order valence-corrected chi connectivity index (χ1v) is 12.6. The van der Waals surface area contributed by atoms with Crippen molar-refractivity contribution in [3.63, 3.8) is 0 Å². The Hall–Kier alpha value is -2.67. The molecular formula is C28H38N6. The first kappa shape index (κ1) is 23.1. The van der Waals surface area contributed by atoms with E-state index < -0.39 is 0 Å². The molecule has 0 atom stereocenters. The first-order chi connectivity index (χ1) is 16.5. The smallest absolute Gasteiger partial charge is 0.0988 e. The normalized spacial score (nSPS) is 15.5. The maximum Gasteiger partial charge on any atom is 0.0988 e. The summed E-state index contributed by atoms with van der Waals surface area (Å²) in [6.07, 6.45) is 1.12. The average molecular weight is 459 g/mol. The van der Waals surface area contributed by atoms with Crippen LogP contribution in [-0.4, -0.2) is 98.3 Å². The summed E-state index contributed by atoms with van der Waals surface area (Å²) in [4.78, 5) is 15.0. The Labute approximate surface area is 203 Å². The van der Waals surface area contributed by atoms with Crippen LogP contribution in [0.25, 0.3) is 32.8 Å². The quantitative estimate of drug-likeness (QED) is 0.399. The van der Waals surface area contributed by atoms with Gasteiger partial charge in [-0.2, -0.15) is 0 Å². The van der Waals surface area contributed by atoms with E-state index in [1.807, 2.05) is 0 Å². The van der Waals surface area contributed by atoms with Crippen molar-refractivity contribution in [2.24, 2.45) is 0 Å². The summed E-state index contributed by atoms with van der Waals surface area (Å²) in [5, 5.41) is 2.53. The molecule has 0 N–H and O–H groups in total. The van der Waals surface area contributed by atoms with E-state index in [9.17, 15) is 0 Å². The average Bonchev–Trinajstić information content (AvgIpc) is 3.15. The van der Waals surface area contributed by atoms with Crippen LogP contribution in [0.1, 0.15) is 6.42 Å². The molecule has 0 unspecified atom stereocenters. The van der Waals surface area contributed by atoms with Gasteiger partial charge in [0.25, 0.3) is 0 Å². The van der Waals surface area contributed by atoms with E-state index in [1.54, 1.807) is 0 Å². The van der Waals surface area contributed by atoms with Crippen molar-refractivity contribution in [3.8, 4) is 0 Å². The summed E-state index contributed by atoms with van der Waals surface area (Å²) < 4.78 is 2.54. The minimum absolute atomic E-state index is 0.998. The van der Waals surface area contributed by atoms with Crippen LogP contribution in [-0.2, 0) is 6.54 Å². The van der Waals surface area contributed by atoms with Gasteiger partial charge >= 0.3 is 0 Å². The van der Waals surface area contributed by atoms with E-state index in [2.05, 4.69) is 101 Å². The molecule has 1 aliphatic heterocycles. The molecule has 34 heavy (non-hydrogen) atoms. The number of nitrogens with zero attached hydrogens (tertiary/aromatic N) is 6. The third-order valence-corrected chi connectivity index (χ3v) is 7.10. The molecule has 1 saturated heterocycles. The Morgan fingerprint density at radius 1 is 0.765 bits per heavy atom. The number of fused-ring (bicyclic) bond motifs is 4. The van der Waals surface area contributed by atoms with Crippen LogP contribution in [0.15, 0.2) is 48.5 Å². The lowest BCUT2D eigenvalue weighted by Crippen LogP contribution is -2.48. The van der Waals surface area contributed by atoms with Gasteiger partial charge in [0.1, 0.15) is 0 Å². The van der Waals surface area contributed by atoms with Gasteiger partial charge in [-0.3, -0.25) is 4.90 Å². The molecular weight excluding hydrogens is 420 g/mol. The van der Waals surface area contributed by atoms with Crippen LogP contribution in [0.3, 0.4) is 0 Å². The highest BCUT2D eigenvalue weighted by molar-refractivity contribution is 6.16. The number of hydrogen-bond acceptors (Lipinski definition) is 5. The molecule has 0 spiro atoms. The zero-order valence-corrected chi connectivity index (χ0v) is 21.2. The molecule has 3 heterocycles. The third-order valence-electron chi connectivity index (χ3n) is 7.10. The number of pyridine rings is 1. The highest BCUT2D eigenvalue weighted by Gasteiger charge is 2.25. The molecule has 2 aromatic carbocycles. The van der Waals surface area contributed by atoms with Crippen LogP contribution in [0, 0.1) is 0 Å². The Morgan fingerprint density at radius 2 is 1.44 bits per heavy atom. The molecule has 0 aliphatic carbocycles. The highest BCUT2D eigenvalue weighted by atomic mass is 15.3. The van der Waals surface area contributed by atoms with Gasteiger partial charge in [-0.15, -0.1) is 0 Å². The fourth-order valence-electron chi connectivity index (χ4n) is 5.29. The Balaban J connectivity index is 1.62. The number of anilines is 1. The van der Waals surface area contributed by atoms with Crippen molar-refractivity contribution >= 4 is 38.5 Å². The summed E-state index contributed by atoms with van der Waals surface area (Å²) in [7, 11) is 8.63. The first-order valence-electron chi connectivity index (χ1n) is 12.6. The molecule has 4 aromatic rings. The maximum absolute atomic E-state index is 5.22. The van der Waals surface area contributed by atoms with Crippen LogP contribution >= 0.6 is 0 Å². The Morgan fingerprint density at radius 3 is 2.18 bits per heavy atom. The molecule has 0 saturated carbocycles. The second-order valence-corrected chi connectivity index (χ2v) is 10.1. The number of likely N-dealkylation sites (N-methyl/N-ethyl adjacent to an activating group) is 1. The number of rotatable bonds is 8. The minimum Gasteiger partial charge on any atom is -0.367 e. The van der Waals surface area contributed by atoms with Crippen LogP contribution < -0.4 is 4.90 Å². The van der Waals surface area contributed by atoms with Crippen LogP contribution in [0.2, 0.25) is 0 Å². The van der Waals surface area contributed by atoms with Gasteiger partial charge in [0.05, 0.1) is 27.8 Å². The number of piperazine rings is 1. The monoisotopic (exact) mass is 458 g/mol. The highest BCUT2D eigenvalue weighted by Crippen LogP contribution is 2.39.